The maximum atomic E-state index is 10.8. The number of nitrogens with zero attached hydrogens (tertiary/aromatic N) is 3. The standard InChI is InChI=1S/C22H27N3O.C11H12N2O3.C4H9N/c1-14-11-17(5-7-20(14)15(2)13-26-4)16(3)25-19-6-8-21-18(12-19)9-10-24-22(21)23;1-13(8-16)5-10-4-11(12-7-15)3-2-9(10)6-14;1-5-3-2-4-5/h5-12,15-16,25H,13H2,1-4H3,(H2,23,24);2-4,6-8H,5H2,1H3,(H,12,15);2-4H2,1H3/t15-,16-;;/m0../s1. The van der Waals surface area contributed by atoms with Crippen molar-refractivity contribution in [3.05, 3.63) is 94.7 Å². The lowest BCUT2D eigenvalue weighted by Gasteiger charge is -2.24. The first kappa shape index (κ1) is 36.7. The highest BCUT2D eigenvalue weighted by atomic mass is 16.5. The van der Waals surface area contributed by atoms with Crippen molar-refractivity contribution in [2.75, 3.05) is 57.3 Å². The Hall–Kier alpha value is -4.80. The Bertz CT molecular complexity index is 1620. The fourth-order valence-corrected chi connectivity index (χ4v) is 5.28. The van der Waals surface area contributed by atoms with Crippen molar-refractivity contribution in [2.24, 2.45) is 0 Å². The summed E-state index contributed by atoms with van der Waals surface area (Å²) in [6, 6.07) is 20.0. The van der Waals surface area contributed by atoms with E-state index in [1.807, 2.05) is 12.1 Å². The first-order valence-electron chi connectivity index (χ1n) is 15.7. The predicted octanol–water partition coefficient (Wildman–Crippen LogP) is 6.03. The Labute approximate surface area is 278 Å². The van der Waals surface area contributed by atoms with Gasteiger partial charge in [-0.05, 0) is 111 Å². The summed E-state index contributed by atoms with van der Waals surface area (Å²) in [6.07, 6.45) is 5.11. The Morgan fingerprint density at radius 3 is 2.34 bits per heavy atom. The fraction of sp³-hybridized carbons (Fsp3) is 0.351. The van der Waals surface area contributed by atoms with Gasteiger partial charge in [0.15, 0.2) is 0 Å². The van der Waals surface area contributed by atoms with Gasteiger partial charge in [-0.2, -0.15) is 0 Å². The molecule has 4 N–H and O–H groups in total. The third-order valence-corrected chi connectivity index (χ3v) is 8.09. The number of nitrogen functional groups attached to an aromatic ring is 1. The van der Waals surface area contributed by atoms with Crippen LogP contribution >= 0.6 is 0 Å². The second-order valence-electron chi connectivity index (χ2n) is 11.9. The van der Waals surface area contributed by atoms with E-state index in [2.05, 4.69) is 78.7 Å². The number of ether oxygens (including phenoxy) is 1. The molecule has 4 aromatic rings. The van der Waals surface area contributed by atoms with E-state index >= 15 is 0 Å². The third-order valence-electron chi connectivity index (χ3n) is 8.09. The zero-order valence-electron chi connectivity index (χ0n) is 28.3. The van der Waals surface area contributed by atoms with Gasteiger partial charge in [0.1, 0.15) is 12.1 Å². The molecule has 2 heterocycles. The zero-order valence-corrected chi connectivity index (χ0v) is 28.3. The summed E-state index contributed by atoms with van der Waals surface area (Å²) in [6.45, 7) is 10.2. The van der Waals surface area contributed by atoms with Gasteiger partial charge in [0.2, 0.25) is 12.8 Å². The second kappa shape index (κ2) is 18.4. The summed E-state index contributed by atoms with van der Waals surface area (Å²) in [5, 5.41) is 8.15. The number of hydrogen-bond acceptors (Lipinski definition) is 8. The van der Waals surface area contributed by atoms with Gasteiger partial charge in [-0.3, -0.25) is 14.4 Å². The molecule has 0 saturated carbocycles. The minimum atomic E-state index is 0.206. The smallest absolute Gasteiger partial charge is 0.211 e. The molecule has 10 nitrogen and oxygen atoms in total. The Morgan fingerprint density at radius 2 is 1.74 bits per heavy atom. The van der Waals surface area contributed by atoms with Crippen LogP contribution in [0.15, 0.2) is 66.9 Å². The number of anilines is 3. The molecule has 250 valence electrons. The Morgan fingerprint density at radius 1 is 1.02 bits per heavy atom. The molecule has 1 aromatic heterocycles. The summed E-state index contributed by atoms with van der Waals surface area (Å²) in [7, 11) is 5.50. The molecule has 5 rings (SSSR count). The molecule has 0 radical (unpaired) electrons. The molecule has 2 amide bonds. The van der Waals surface area contributed by atoms with Crippen LogP contribution in [0.3, 0.4) is 0 Å². The van der Waals surface area contributed by atoms with Crippen molar-refractivity contribution >= 4 is 47.1 Å². The number of nitrogens with one attached hydrogen (secondary N) is 2. The molecule has 0 aliphatic carbocycles. The van der Waals surface area contributed by atoms with E-state index in [0.29, 0.717) is 47.9 Å². The second-order valence-corrected chi connectivity index (χ2v) is 11.9. The van der Waals surface area contributed by atoms with E-state index in [0.717, 1.165) is 29.4 Å². The van der Waals surface area contributed by atoms with Gasteiger partial charge < -0.3 is 30.9 Å². The van der Waals surface area contributed by atoms with E-state index in [1.54, 1.807) is 38.6 Å². The lowest BCUT2D eigenvalue weighted by atomic mass is 9.93. The van der Waals surface area contributed by atoms with Crippen molar-refractivity contribution in [3.8, 4) is 0 Å². The number of aromatic nitrogens is 1. The SMILES string of the molecule is CN(C=O)Cc1cc(NC=O)ccc1C=O.CN1CCC1.COC[C@H](C)c1ccc([C@H](C)Nc2ccc3c(N)nccc3c2)cc1C. The van der Waals surface area contributed by atoms with Gasteiger partial charge in [-0.15, -0.1) is 0 Å². The number of likely N-dealkylation sites (tertiary alicyclic amines) is 1. The molecular weight excluding hydrogens is 592 g/mol. The summed E-state index contributed by atoms with van der Waals surface area (Å²) in [5.74, 6) is 0.968. The number of carbonyl (C=O) groups is 3. The van der Waals surface area contributed by atoms with E-state index in [4.69, 9.17) is 10.5 Å². The van der Waals surface area contributed by atoms with E-state index in [9.17, 15) is 14.4 Å². The number of aryl methyl sites for hydroxylation is 1. The molecule has 1 aliphatic rings. The number of carbonyl (C=O) groups excluding carboxylic acids is 3. The van der Waals surface area contributed by atoms with Crippen LogP contribution in [0.1, 0.15) is 64.8 Å². The number of amides is 2. The van der Waals surface area contributed by atoms with E-state index in [-0.39, 0.29) is 6.04 Å². The van der Waals surface area contributed by atoms with Crippen LogP contribution in [0.25, 0.3) is 10.8 Å². The number of hydrogen-bond donors (Lipinski definition) is 3. The quantitative estimate of drug-likeness (QED) is 0.160. The lowest BCUT2D eigenvalue weighted by molar-refractivity contribution is -0.117. The molecule has 1 saturated heterocycles. The van der Waals surface area contributed by atoms with Crippen molar-refractivity contribution < 1.29 is 19.1 Å². The predicted molar refractivity (Wildman–Crippen MR) is 191 cm³/mol. The van der Waals surface area contributed by atoms with Crippen LogP contribution in [0.4, 0.5) is 17.2 Å². The molecule has 0 spiro atoms. The summed E-state index contributed by atoms with van der Waals surface area (Å²) in [4.78, 5) is 39.4. The van der Waals surface area contributed by atoms with Gasteiger partial charge in [-0.25, -0.2) is 4.98 Å². The van der Waals surface area contributed by atoms with Crippen LogP contribution in [0.5, 0.6) is 0 Å². The molecule has 1 aliphatic heterocycles. The number of methoxy groups -OCH3 is 1. The van der Waals surface area contributed by atoms with Crippen LogP contribution < -0.4 is 16.4 Å². The molecular formula is C37H48N6O4. The number of benzene rings is 3. The molecule has 10 heteroatoms. The zero-order chi connectivity index (χ0) is 34.3. The van der Waals surface area contributed by atoms with Crippen molar-refractivity contribution in [3.63, 3.8) is 0 Å². The number of fused-ring (bicyclic) bond motifs is 1. The molecule has 3 aromatic carbocycles. The molecule has 2 atom stereocenters. The number of aldehydes is 1. The maximum absolute atomic E-state index is 10.8. The number of rotatable bonds is 12. The monoisotopic (exact) mass is 640 g/mol. The molecule has 0 bridgehead atoms. The van der Waals surface area contributed by atoms with Gasteiger partial charge >= 0.3 is 0 Å². The highest BCUT2D eigenvalue weighted by Crippen LogP contribution is 2.28. The van der Waals surface area contributed by atoms with Gasteiger partial charge in [0, 0.05) is 61.2 Å². The van der Waals surface area contributed by atoms with Crippen molar-refractivity contribution in [1.29, 1.82) is 0 Å². The normalized spacial score (nSPS) is 13.4. The maximum Gasteiger partial charge on any atom is 0.211 e. The Balaban J connectivity index is 0.000000241. The van der Waals surface area contributed by atoms with Crippen LogP contribution in [-0.2, 0) is 20.9 Å². The summed E-state index contributed by atoms with van der Waals surface area (Å²) in [5.41, 5.74) is 12.7. The molecule has 47 heavy (non-hydrogen) atoms. The summed E-state index contributed by atoms with van der Waals surface area (Å²) < 4.78 is 5.29. The van der Waals surface area contributed by atoms with Crippen LogP contribution in [0, 0.1) is 6.92 Å². The fourth-order valence-electron chi connectivity index (χ4n) is 5.28. The topological polar surface area (TPSA) is 130 Å². The summed E-state index contributed by atoms with van der Waals surface area (Å²) >= 11 is 0. The Kier molecular flexibility index (Phi) is 14.3. The highest BCUT2D eigenvalue weighted by Gasteiger charge is 2.12. The van der Waals surface area contributed by atoms with Gasteiger partial charge in [0.05, 0.1) is 6.61 Å². The van der Waals surface area contributed by atoms with Crippen molar-refractivity contribution in [1.82, 2.24) is 14.8 Å². The van der Waals surface area contributed by atoms with Crippen LogP contribution in [-0.4, -0.2) is 74.8 Å². The average Bonchev–Trinajstić information content (AvgIpc) is 3.04. The molecule has 0 unspecified atom stereocenters. The van der Waals surface area contributed by atoms with E-state index < -0.39 is 0 Å². The van der Waals surface area contributed by atoms with Crippen molar-refractivity contribution in [2.45, 2.75) is 45.7 Å². The minimum absolute atomic E-state index is 0.206. The average molecular weight is 641 g/mol. The van der Waals surface area contributed by atoms with Gasteiger partial charge in [0.25, 0.3) is 0 Å². The minimum Gasteiger partial charge on any atom is -0.384 e. The number of nitrogens with two attached hydrogens (primary N) is 1. The lowest BCUT2D eigenvalue weighted by Crippen LogP contribution is -2.32. The van der Waals surface area contributed by atoms with Crippen LogP contribution in [0.2, 0.25) is 0 Å². The first-order valence-corrected chi connectivity index (χ1v) is 15.7. The van der Waals surface area contributed by atoms with Gasteiger partial charge in [-0.1, -0.05) is 25.1 Å². The van der Waals surface area contributed by atoms with E-state index in [1.165, 1.54) is 41.1 Å². The highest BCUT2D eigenvalue weighted by molar-refractivity contribution is 5.92. The largest absolute Gasteiger partial charge is 0.384 e. The molecule has 1 fully saturated rings. The number of pyridine rings is 1. The third kappa shape index (κ3) is 10.9. The first-order chi connectivity index (χ1) is 22.6.